The van der Waals surface area contributed by atoms with Crippen LogP contribution in [-0.4, -0.2) is 44.4 Å². The molecule has 110 valence electrons. The van der Waals surface area contributed by atoms with E-state index in [1.54, 1.807) is 0 Å². The van der Waals surface area contributed by atoms with Crippen LogP contribution in [0.2, 0.25) is 0 Å². The van der Waals surface area contributed by atoms with Gasteiger partial charge in [0.25, 0.3) is 0 Å². The van der Waals surface area contributed by atoms with Crippen LogP contribution < -0.4 is 0 Å². The molecule has 0 unspecified atom stereocenters. The van der Waals surface area contributed by atoms with Crippen LogP contribution in [0.25, 0.3) is 22.3 Å². The summed E-state index contributed by atoms with van der Waals surface area (Å²) in [6.07, 6.45) is 2.06. The second kappa shape index (κ2) is 5.65. The van der Waals surface area contributed by atoms with Gasteiger partial charge in [-0.2, -0.15) is 5.10 Å². The van der Waals surface area contributed by atoms with E-state index in [1.165, 1.54) is 5.39 Å². The van der Waals surface area contributed by atoms with Crippen LogP contribution in [0.4, 0.5) is 0 Å². The maximum absolute atomic E-state index is 4.39. The van der Waals surface area contributed by atoms with Crippen LogP contribution in [-0.2, 0) is 13.0 Å². The van der Waals surface area contributed by atoms with Gasteiger partial charge in [-0.15, -0.1) is 10.2 Å². The van der Waals surface area contributed by atoms with Crippen LogP contribution in [0.15, 0.2) is 18.2 Å². The fraction of sp³-hybridized carbons (Fsp3) is 0.400. The molecule has 0 saturated heterocycles. The zero-order valence-electron chi connectivity index (χ0n) is 12.6. The highest BCUT2D eigenvalue weighted by Gasteiger charge is 2.10. The molecule has 0 aliphatic carbocycles. The van der Waals surface area contributed by atoms with Gasteiger partial charge >= 0.3 is 0 Å². The molecule has 0 fully saturated rings. The summed E-state index contributed by atoms with van der Waals surface area (Å²) >= 11 is 0. The molecule has 0 atom stereocenters. The van der Waals surface area contributed by atoms with Gasteiger partial charge in [-0.1, -0.05) is 13.3 Å². The van der Waals surface area contributed by atoms with Crippen LogP contribution >= 0.6 is 0 Å². The number of hydrogen-bond acceptors (Lipinski definition) is 4. The molecule has 0 radical (unpaired) electrons. The van der Waals surface area contributed by atoms with E-state index in [4.69, 9.17) is 0 Å². The minimum atomic E-state index is 0.752. The van der Waals surface area contributed by atoms with Gasteiger partial charge in [-0.3, -0.25) is 5.10 Å². The highest BCUT2D eigenvalue weighted by atomic mass is 15.2. The molecule has 0 saturated carbocycles. The maximum atomic E-state index is 4.39. The molecule has 21 heavy (non-hydrogen) atoms. The smallest absolute Gasteiger partial charge is 0.161 e. The Morgan fingerprint density at radius 3 is 2.81 bits per heavy atom. The van der Waals surface area contributed by atoms with E-state index in [0.717, 1.165) is 47.8 Å². The lowest BCUT2D eigenvalue weighted by atomic mass is 10.1. The van der Waals surface area contributed by atoms with E-state index >= 15 is 0 Å². The summed E-state index contributed by atoms with van der Waals surface area (Å²) in [5.41, 5.74) is 3.22. The van der Waals surface area contributed by atoms with E-state index in [-0.39, 0.29) is 0 Å². The predicted molar refractivity (Wildman–Crippen MR) is 82.9 cm³/mol. The third-order valence-corrected chi connectivity index (χ3v) is 3.40. The molecule has 2 heterocycles. The first kappa shape index (κ1) is 13.8. The molecule has 0 bridgehead atoms. The number of hydrogen-bond donors (Lipinski definition) is 2. The molecule has 1 aromatic carbocycles. The normalized spacial score (nSPS) is 11.6. The van der Waals surface area contributed by atoms with Crippen molar-refractivity contribution in [3.63, 3.8) is 0 Å². The second-order valence-corrected chi connectivity index (χ2v) is 5.54. The molecule has 0 aliphatic rings. The molecular formula is C15H20N6. The third kappa shape index (κ3) is 2.80. The number of aromatic amines is 2. The van der Waals surface area contributed by atoms with E-state index < -0.39 is 0 Å². The Labute approximate surface area is 123 Å². The summed E-state index contributed by atoms with van der Waals surface area (Å²) in [5.74, 6) is 1.67. The number of nitrogens with one attached hydrogen (secondary N) is 2. The second-order valence-electron chi connectivity index (χ2n) is 5.54. The molecule has 0 amide bonds. The number of benzene rings is 1. The summed E-state index contributed by atoms with van der Waals surface area (Å²) in [6.45, 7) is 2.91. The first-order valence-corrected chi connectivity index (χ1v) is 7.21. The lowest BCUT2D eigenvalue weighted by Crippen LogP contribution is -2.11. The Morgan fingerprint density at radius 2 is 2.05 bits per heavy atom. The van der Waals surface area contributed by atoms with Crippen LogP contribution in [0.3, 0.4) is 0 Å². The van der Waals surface area contributed by atoms with Crippen molar-refractivity contribution in [1.82, 2.24) is 30.3 Å². The summed E-state index contributed by atoms with van der Waals surface area (Å²) < 4.78 is 0. The zero-order chi connectivity index (χ0) is 14.8. The predicted octanol–water partition coefficient (Wildman–Crippen LogP) is 2.36. The highest BCUT2D eigenvalue weighted by molar-refractivity contribution is 5.85. The third-order valence-electron chi connectivity index (χ3n) is 3.40. The van der Waals surface area contributed by atoms with Gasteiger partial charge < -0.3 is 9.88 Å². The molecule has 0 aliphatic heterocycles. The summed E-state index contributed by atoms with van der Waals surface area (Å²) in [7, 11) is 4.02. The average molecular weight is 284 g/mol. The van der Waals surface area contributed by atoms with E-state index in [2.05, 4.69) is 43.3 Å². The summed E-state index contributed by atoms with van der Waals surface area (Å²) in [5, 5.41) is 17.1. The Bertz CT molecular complexity index is 740. The van der Waals surface area contributed by atoms with Crippen molar-refractivity contribution in [2.75, 3.05) is 14.1 Å². The van der Waals surface area contributed by atoms with Crippen LogP contribution in [0.5, 0.6) is 0 Å². The van der Waals surface area contributed by atoms with Gasteiger partial charge in [0.05, 0.1) is 17.8 Å². The maximum Gasteiger partial charge on any atom is 0.161 e. The molecular weight excluding hydrogens is 264 g/mol. The number of aromatic nitrogens is 5. The fourth-order valence-corrected chi connectivity index (χ4v) is 2.44. The van der Waals surface area contributed by atoms with Crippen molar-refractivity contribution >= 4 is 10.9 Å². The van der Waals surface area contributed by atoms with Crippen molar-refractivity contribution in [2.24, 2.45) is 0 Å². The van der Waals surface area contributed by atoms with E-state index in [9.17, 15) is 0 Å². The molecule has 3 aromatic rings. The Balaban J connectivity index is 1.96. The first-order chi connectivity index (χ1) is 10.2. The van der Waals surface area contributed by atoms with Crippen LogP contribution in [0, 0.1) is 0 Å². The van der Waals surface area contributed by atoms with Crippen molar-refractivity contribution in [3.8, 4) is 11.4 Å². The van der Waals surface area contributed by atoms with Gasteiger partial charge in [-0.25, -0.2) is 0 Å². The van der Waals surface area contributed by atoms with Crippen molar-refractivity contribution in [1.29, 1.82) is 0 Å². The average Bonchev–Trinajstić information content (AvgIpc) is 3.06. The molecule has 2 N–H and O–H groups in total. The number of fused-ring (bicyclic) bond motifs is 1. The monoisotopic (exact) mass is 284 g/mol. The van der Waals surface area contributed by atoms with Gasteiger partial charge in [-0.05, 0) is 38.7 Å². The lowest BCUT2D eigenvalue weighted by Gasteiger charge is -2.04. The van der Waals surface area contributed by atoms with Gasteiger partial charge in [0.1, 0.15) is 5.82 Å². The lowest BCUT2D eigenvalue weighted by molar-refractivity contribution is 0.391. The molecule has 2 aromatic heterocycles. The SMILES string of the molecule is CCCc1n[nH]c2ccc(-c3nnc(CN(C)C)[nH]3)cc12. The number of nitrogens with zero attached hydrogens (tertiary/aromatic N) is 4. The number of H-pyrrole nitrogens is 2. The van der Waals surface area contributed by atoms with Gasteiger partial charge in [0.15, 0.2) is 5.82 Å². The van der Waals surface area contributed by atoms with Crippen LogP contribution in [0.1, 0.15) is 24.9 Å². The number of rotatable bonds is 5. The summed E-state index contributed by atoms with van der Waals surface area (Å²) in [4.78, 5) is 5.33. The van der Waals surface area contributed by atoms with Crippen molar-refractivity contribution in [2.45, 2.75) is 26.3 Å². The van der Waals surface area contributed by atoms with E-state index in [1.807, 2.05) is 26.2 Å². The fourth-order valence-electron chi connectivity index (χ4n) is 2.44. The molecule has 0 spiro atoms. The molecule has 3 rings (SSSR count). The minimum Gasteiger partial charge on any atom is -0.324 e. The van der Waals surface area contributed by atoms with Gasteiger partial charge in [0.2, 0.25) is 0 Å². The Kier molecular flexibility index (Phi) is 3.70. The van der Waals surface area contributed by atoms with E-state index in [0.29, 0.717) is 0 Å². The number of aryl methyl sites for hydroxylation is 1. The van der Waals surface area contributed by atoms with Crippen molar-refractivity contribution in [3.05, 3.63) is 29.7 Å². The zero-order valence-corrected chi connectivity index (χ0v) is 12.6. The summed E-state index contributed by atoms with van der Waals surface area (Å²) in [6, 6.07) is 6.21. The quantitative estimate of drug-likeness (QED) is 0.754. The van der Waals surface area contributed by atoms with Gasteiger partial charge in [0, 0.05) is 10.9 Å². The highest BCUT2D eigenvalue weighted by Crippen LogP contribution is 2.23. The standard InChI is InChI=1S/C15H20N6/c1-4-5-12-11-8-10(6-7-13(11)18-17-12)15-16-14(19-20-15)9-21(2)3/h6-8H,4-5,9H2,1-3H3,(H,17,18)(H,16,19,20). The Morgan fingerprint density at radius 1 is 1.19 bits per heavy atom. The molecule has 6 heteroatoms. The minimum absolute atomic E-state index is 0.752. The van der Waals surface area contributed by atoms with Crippen molar-refractivity contribution < 1.29 is 0 Å². The first-order valence-electron chi connectivity index (χ1n) is 7.21. The molecule has 6 nitrogen and oxygen atoms in total. The Hall–Kier alpha value is -2.21. The largest absolute Gasteiger partial charge is 0.324 e. The topological polar surface area (TPSA) is 73.5 Å².